The molecule has 82 valence electrons. The van der Waals surface area contributed by atoms with Crippen LogP contribution >= 0.6 is 0 Å². The molecule has 3 N–H and O–H groups in total. The summed E-state index contributed by atoms with van der Waals surface area (Å²) in [5.41, 5.74) is 3.72. The number of hydrazine groups is 1. The number of nitrogens with two attached hydrogens (primary N) is 1. The van der Waals surface area contributed by atoms with Gasteiger partial charge in [-0.2, -0.15) is 0 Å². The predicted octanol–water partition coefficient (Wildman–Crippen LogP) is 1.56. The lowest BCUT2D eigenvalue weighted by atomic mass is 10.1. The highest BCUT2D eigenvalue weighted by molar-refractivity contribution is 5.26. The third kappa shape index (κ3) is 3.34. The Balaban J connectivity index is 2.81. The van der Waals surface area contributed by atoms with Gasteiger partial charge in [0.15, 0.2) is 0 Å². The van der Waals surface area contributed by atoms with Crippen molar-refractivity contribution in [1.29, 1.82) is 0 Å². The van der Waals surface area contributed by atoms with E-state index in [1.807, 2.05) is 19.1 Å². The lowest BCUT2D eigenvalue weighted by Crippen LogP contribution is -2.27. The zero-order chi connectivity index (χ0) is 11.1. The summed E-state index contributed by atoms with van der Waals surface area (Å²) in [4.78, 5) is 4.10. The van der Waals surface area contributed by atoms with Crippen LogP contribution in [0, 0.1) is 0 Å². The number of nitrogens with one attached hydrogen (secondary N) is 1. The minimum absolute atomic E-state index is 0.0374. The van der Waals surface area contributed by atoms with Crippen LogP contribution in [0.4, 0.5) is 0 Å². The zero-order valence-corrected chi connectivity index (χ0v) is 8.94. The van der Waals surface area contributed by atoms with Crippen molar-refractivity contribution in [2.75, 3.05) is 6.61 Å². The van der Waals surface area contributed by atoms with E-state index in [1.165, 1.54) is 0 Å². The van der Waals surface area contributed by atoms with Crippen molar-refractivity contribution in [3.05, 3.63) is 36.7 Å². The Labute approximate surface area is 90.1 Å². The van der Waals surface area contributed by atoms with E-state index < -0.39 is 0 Å². The van der Waals surface area contributed by atoms with Crippen LogP contribution in [-0.4, -0.2) is 11.6 Å². The van der Waals surface area contributed by atoms with Crippen LogP contribution in [0.2, 0.25) is 0 Å². The Morgan fingerprint density at radius 2 is 2.47 bits per heavy atom. The first kappa shape index (κ1) is 11.7. The van der Waals surface area contributed by atoms with E-state index in [9.17, 15) is 0 Å². The molecule has 0 amide bonds. The Kier molecular flexibility index (Phi) is 4.80. The first-order valence-electron chi connectivity index (χ1n) is 4.96. The normalized spacial score (nSPS) is 12.1. The highest BCUT2D eigenvalue weighted by atomic mass is 16.5. The van der Waals surface area contributed by atoms with Crippen molar-refractivity contribution in [1.82, 2.24) is 10.4 Å². The Morgan fingerprint density at radius 1 is 1.67 bits per heavy atom. The van der Waals surface area contributed by atoms with Crippen LogP contribution in [0.5, 0.6) is 5.75 Å². The second-order valence-electron chi connectivity index (χ2n) is 3.13. The van der Waals surface area contributed by atoms with Gasteiger partial charge in [0, 0.05) is 6.20 Å². The summed E-state index contributed by atoms with van der Waals surface area (Å²) < 4.78 is 5.36. The summed E-state index contributed by atoms with van der Waals surface area (Å²) in [6.07, 6.45) is 6.04. The molecule has 4 nitrogen and oxygen atoms in total. The highest BCUT2D eigenvalue weighted by Crippen LogP contribution is 2.19. The average molecular weight is 207 g/mol. The quantitative estimate of drug-likeness (QED) is 0.422. The van der Waals surface area contributed by atoms with E-state index in [2.05, 4.69) is 17.0 Å². The molecule has 1 aromatic heterocycles. The zero-order valence-electron chi connectivity index (χ0n) is 8.94. The van der Waals surface area contributed by atoms with Gasteiger partial charge in [0.25, 0.3) is 0 Å². The molecule has 0 aliphatic heterocycles. The number of pyridine rings is 1. The summed E-state index contributed by atoms with van der Waals surface area (Å²) >= 11 is 0. The number of aromatic nitrogens is 1. The molecule has 4 heteroatoms. The number of ether oxygens (including phenoxy) is 1. The van der Waals surface area contributed by atoms with Crippen molar-refractivity contribution in [3.63, 3.8) is 0 Å². The fourth-order valence-electron chi connectivity index (χ4n) is 1.34. The van der Waals surface area contributed by atoms with Gasteiger partial charge in [-0.05, 0) is 25.0 Å². The van der Waals surface area contributed by atoms with Gasteiger partial charge in [0.2, 0.25) is 0 Å². The minimum atomic E-state index is 0.0374. The van der Waals surface area contributed by atoms with Crippen LogP contribution in [0.15, 0.2) is 31.1 Å². The summed E-state index contributed by atoms with van der Waals surface area (Å²) in [6, 6.07) is 1.97. The van der Waals surface area contributed by atoms with E-state index in [-0.39, 0.29) is 6.04 Å². The summed E-state index contributed by atoms with van der Waals surface area (Å²) in [7, 11) is 0. The molecule has 0 aromatic carbocycles. The highest BCUT2D eigenvalue weighted by Gasteiger charge is 2.08. The molecule has 0 saturated heterocycles. The van der Waals surface area contributed by atoms with Crippen molar-refractivity contribution in [2.45, 2.75) is 19.4 Å². The second-order valence-corrected chi connectivity index (χ2v) is 3.13. The Bertz CT molecular complexity index is 314. The van der Waals surface area contributed by atoms with E-state index in [1.54, 1.807) is 12.4 Å². The minimum Gasteiger partial charge on any atom is -0.492 e. The van der Waals surface area contributed by atoms with Crippen LogP contribution in [0.25, 0.3) is 0 Å². The molecule has 0 aliphatic carbocycles. The molecular weight excluding hydrogens is 190 g/mol. The third-order valence-electron chi connectivity index (χ3n) is 2.05. The molecule has 0 aliphatic rings. The standard InChI is InChI=1S/C11H17N3O/c1-3-5-11(14-12)9-6-10(15-4-2)8-13-7-9/h3,6-8,11,14H,1,4-5,12H2,2H3. The topological polar surface area (TPSA) is 60.2 Å². The van der Waals surface area contributed by atoms with Gasteiger partial charge >= 0.3 is 0 Å². The fraction of sp³-hybridized carbons (Fsp3) is 0.364. The second kappa shape index (κ2) is 6.16. The molecular formula is C11H17N3O. The van der Waals surface area contributed by atoms with Crippen LogP contribution in [-0.2, 0) is 0 Å². The third-order valence-corrected chi connectivity index (χ3v) is 2.05. The van der Waals surface area contributed by atoms with Gasteiger partial charge in [0.1, 0.15) is 5.75 Å². The van der Waals surface area contributed by atoms with Crippen molar-refractivity contribution in [3.8, 4) is 5.75 Å². The molecule has 0 fully saturated rings. The van der Waals surface area contributed by atoms with Crippen LogP contribution < -0.4 is 16.0 Å². The van der Waals surface area contributed by atoms with Gasteiger partial charge in [0.05, 0.1) is 18.8 Å². The molecule has 0 bridgehead atoms. The smallest absolute Gasteiger partial charge is 0.137 e. The molecule has 1 aromatic rings. The summed E-state index contributed by atoms with van der Waals surface area (Å²) in [5.74, 6) is 6.21. The molecule has 1 unspecified atom stereocenters. The van der Waals surface area contributed by atoms with Gasteiger partial charge < -0.3 is 4.74 Å². The lowest BCUT2D eigenvalue weighted by molar-refractivity contribution is 0.338. The van der Waals surface area contributed by atoms with Gasteiger partial charge in [-0.1, -0.05) is 6.08 Å². The van der Waals surface area contributed by atoms with Crippen LogP contribution in [0.1, 0.15) is 24.9 Å². The van der Waals surface area contributed by atoms with E-state index in [0.717, 1.165) is 17.7 Å². The lowest BCUT2D eigenvalue weighted by Gasteiger charge is -2.14. The maximum absolute atomic E-state index is 5.45. The average Bonchev–Trinajstić information content (AvgIpc) is 2.27. The van der Waals surface area contributed by atoms with Gasteiger partial charge in [-0.25, -0.2) is 0 Å². The summed E-state index contributed by atoms with van der Waals surface area (Å²) in [5, 5.41) is 0. The van der Waals surface area contributed by atoms with Crippen molar-refractivity contribution >= 4 is 0 Å². The maximum atomic E-state index is 5.45. The molecule has 0 radical (unpaired) electrons. The van der Waals surface area contributed by atoms with Crippen LogP contribution in [0.3, 0.4) is 0 Å². The van der Waals surface area contributed by atoms with Gasteiger partial charge in [-0.15, -0.1) is 6.58 Å². The van der Waals surface area contributed by atoms with E-state index >= 15 is 0 Å². The number of hydrogen-bond donors (Lipinski definition) is 2. The van der Waals surface area contributed by atoms with Crippen molar-refractivity contribution < 1.29 is 4.74 Å². The summed E-state index contributed by atoms with van der Waals surface area (Å²) in [6.45, 7) is 6.26. The molecule has 0 spiro atoms. The largest absolute Gasteiger partial charge is 0.492 e. The fourth-order valence-corrected chi connectivity index (χ4v) is 1.34. The first-order valence-corrected chi connectivity index (χ1v) is 4.96. The Hall–Kier alpha value is -1.39. The maximum Gasteiger partial charge on any atom is 0.137 e. The molecule has 1 atom stereocenters. The van der Waals surface area contributed by atoms with E-state index in [4.69, 9.17) is 10.6 Å². The molecule has 1 heterocycles. The predicted molar refractivity (Wildman–Crippen MR) is 60.3 cm³/mol. The molecule has 15 heavy (non-hydrogen) atoms. The monoisotopic (exact) mass is 207 g/mol. The number of rotatable bonds is 6. The Morgan fingerprint density at radius 3 is 3.07 bits per heavy atom. The van der Waals surface area contributed by atoms with Gasteiger partial charge in [-0.3, -0.25) is 16.3 Å². The number of hydrogen-bond acceptors (Lipinski definition) is 4. The molecule has 1 rings (SSSR count). The molecule has 0 saturated carbocycles. The first-order chi connectivity index (χ1) is 7.31. The SMILES string of the molecule is C=CCC(NN)c1cncc(OCC)c1. The number of nitrogens with zero attached hydrogens (tertiary/aromatic N) is 1. The van der Waals surface area contributed by atoms with Crippen molar-refractivity contribution in [2.24, 2.45) is 5.84 Å². The van der Waals surface area contributed by atoms with E-state index in [0.29, 0.717) is 6.61 Å².